The van der Waals surface area contributed by atoms with Gasteiger partial charge in [-0.2, -0.15) is 5.10 Å². The molecule has 2 aromatic rings. The van der Waals surface area contributed by atoms with Gasteiger partial charge in [-0.05, 0) is 25.0 Å². The first kappa shape index (κ1) is 17.6. The van der Waals surface area contributed by atoms with Crippen molar-refractivity contribution in [3.63, 3.8) is 0 Å². The van der Waals surface area contributed by atoms with Gasteiger partial charge in [0.05, 0.1) is 18.0 Å². The van der Waals surface area contributed by atoms with Crippen molar-refractivity contribution in [1.82, 2.24) is 19.6 Å². The number of aryl methyl sites for hydroxylation is 1. The van der Waals surface area contributed by atoms with Gasteiger partial charge in [-0.1, -0.05) is 18.2 Å². The summed E-state index contributed by atoms with van der Waals surface area (Å²) in [7, 11) is 0. The largest absolute Gasteiger partial charge is 0.380 e. The van der Waals surface area contributed by atoms with Crippen molar-refractivity contribution >= 4 is 0 Å². The quantitative estimate of drug-likeness (QED) is 0.841. The van der Waals surface area contributed by atoms with Crippen LogP contribution in [0.4, 0.5) is 4.39 Å². The van der Waals surface area contributed by atoms with Crippen LogP contribution in [0.2, 0.25) is 0 Å². The third-order valence-corrected chi connectivity index (χ3v) is 5.20. The summed E-state index contributed by atoms with van der Waals surface area (Å²) in [5.74, 6) is -0.116. The molecule has 0 N–H and O–H groups in total. The third kappa shape index (κ3) is 4.31. The second kappa shape index (κ2) is 8.29. The molecule has 0 saturated carbocycles. The van der Waals surface area contributed by atoms with E-state index in [1.807, 2.05) is 12.1 Å². The number of halogens is 1. The molecule has 3 heterocycles. The van der Waals surface area contributed by atoms with Crippen molar-refractivity contribution in [3.05, 3.63) is 53.1 Å². The van der Waals surface area contributed by atoms with E-state index in [9.17, 15) is 4.39 Å². The van der Waals surface area contributed by atoms with Crippen LogP contribution in [0, 0.1) is 5.82 Å². The molecule has 2 aliphatic rings. The van der Waals surface area contributed by atoms with E-state index in [1.165, 1.54) is 5.69 Å². The van der Waals surface area contributed by atoms with Gasteiger partial charge in [-0.25, -0.2) is 4.39 Å². The zero-order valence-corrected chi connectivity index (χ0v) is 15.2. The van der Waals surface area contributed by atoms with E-state index < -0.39 is 0 Å². The Hall–Kier alpha value is -1.76. The molecule has 1 fully saturated rings. The van der Waals surface area contributed by atoms with Crippen molar-refractivity contribution in [3.8, 4) is 0 Å². The molecule has 0 spiro atoms. The third-order valence-electron chi connectivity index (χ3n) is 5.20. The number of nitrogens with zero attached hydrogens (tertiary/aromatic N) is 4. The van der Waals surface area contributed by atoms with Gasteiger partial charge in [0, 0.05) is 58.0 Å². The Bertz CT molecular complexity index is 724. The molecule has 0 atom stereocenters. The van der Waals surface area contributed by atoms with Gasteiger partial charge in [0.25, 0.3) is 0 Å². The molecule has 1 aromatic heterocycles. The molecular weight excluding hydrogens is 331 g/mol. The highest BCUT2D eigenvalue weighted by molar-refractivity contribution is 5.18. The van der Waals surface area contributed by atoms with E-state index in [2.05, 4.69) is 20.5 Å². The Morgan fingerprint density at radius 2 is 1.85 bits per heavy atom. The fourth-order valence-electron chi connectivity index (χ4n) is 3.85. The monoisotopic (exact) mass is 358 g/mol. The average Bonchev–Trinajstić information content (AvgIpc) is 2.81. The molecule has 6 heteroatoms. The molecule has 0 aliphatic carbocycles. The van der Waals surface area contributed by atoms with Gasteiger partial charge in [-0.15, -0.1) is 0 Å². The zero-order chi connectivity index (χ0) is 17.8. The second-order valence-corrected chi connectivity index (χ2v) is 7.25. The Labute approximate surface area is 154 Å². The van der Waals surface area contributed by atoms with E-state index >= 15 is 0 Å². The molecule has 1 aromatic carbocycles. The number of hydrogen-bond acceptors (Lipinski definition) is 4. The summed E-state index contributed by atoms with van der Waals surface area (Å²) < 4.78 is 21.7. The van der Waals surface area contributed by atoms with Gasteiger partial charge in [0.2, 0.25) is 0 Å². The van der Waals surface area contributed by atoms with Crippen molar-refractivity contribution < 1.29 is 9.13 Å². The summed E-state index contributed by atoms with van der Waals surface area (Å²) in [6.07, 6.45) is 2.13. The lowest BCUT2D eigenvalue weighted by Gasteiger charge is -2.20. The predicted molar refractivity (Wildman–Crippen MR) is 98.1 cm³/mol. The Kier molecular flexibility index (Phi) is 5.62. The SMILES string of the molecule is Fc1ccccc1CN1CCCn2nc(CN3CCCOCC3)cc2C1. The summed E-state index contributed by atoms with van der Waals surface area (Å²) in [6, 6.07) is 9.30. The highest BCUT2D eigenvalue weighted by atomic mass is 19.1. The summed E-state index contributed by atoms with van der Waals surface area (Å²) >= 11 is 0. The molecule has 0 amide bonds. The zero-order valence-electron chi connectivity index (χ0n) is 15.2. The van der Waals surface area contributed by atoms with E-state index in [-0.39, 0.29) is 5.82 Å². The van der Waals surface area contributed by atoms with Crippen LogP contribution in [0.1, 0.15) is 29.8 Å². The minimum absolute atomic E-state index is 0.116. The Balaban J connectivity index is 1.43. The summed E-state index contributed by atoms with van der Waals surface area (Å²) in [5, 5.41) is 4.83. The van der Waals surface area contributed by atoms with Crippen LogP contribution in [0.25, 0.3) is 0 Å². The van der Waals surface area contributed by atoms with Crippen molar-refractivity contribution in [2.45, 2.75) is 39.0 Å². The standard InChI is InChI=1S/C20H27FN4O/c21-20-6-2-1-5-17(20)14-24-7-3-9-25-19(16-24)13-18(22-25)15-23-8-4-11-26-12-10-23/h1-2,5-6,13H,3-4,7-12,14-16H2. The van der Waals surface area contributed by atoms with Crippen LogP contribution in [0.15, 0.2) is 30.3 Å². The first-order valence-corrected chi connectivity index (χ1v) is 9.59. The molecule has 140 valence electrons. The van der Waals surface area contributed by atoms with Crippen molar-refractivity contribution in [1.29, 1.82) is 0 Å². The lowest BCUT2D eigenvalue weighted by Crippen LogP contribution is -2.26. The maximum absolute atomic E-state index is 14.0. The maximum Gasteiger partial charge on any atom is 0.127 e. The highest BCUT2D eigenvalue weighted by Gasteiger charge is 2.19. The molecule has 5 nitrogen and oxygen atoms in total. The van der Waals surface area contributed by atoms with Crippen LogP contribution in [-0.4, -0.2) is 52.4 Å². The second-order valence-electron chi connectivity index (χ2n) is 7.25. The smallest absolute Gasteiger partial charge is 0.127 e. The van der Waals surface area contributed by atoms with Gasteiger partial charge in [0.15, 0.2) is 0 Å². The highest BCUT2D eigenvalue weighted by Crippen LogP contribution is 2.18. The van der Waals surface area contributed by atoms with E-state index in [0.717, 1.165) is 76.6 Å². The molecule has 0 radical (unpaired) electrons. The summed E-state index contributed by atoms with van der Waals surface area (Å²) in [4.78, 5) is 4.74. The molecule has 2 aliphatic heterocycles. The molecule has 4 rings (SSSR count). The van der Waals surface area contributed by atoms with Crippen LogP contribution < -0.4 is 0 Å². The Morgan fingerprint density at radius 1 is 0.962 bits per heavy atom. The number of benzene rings is 1. The number of rotatable bonds is 4. The fourth-order valence-corrected chi connectivity index (χ4v) is 3.85. The van der Waals surface area contributed by atoms with Gasteiger partial charge >= 0.3 is 0 Å². The van der Waals surface area contributed by atoms with Crippen LogP contribution in [0.3, 0.4) is 0 Å². The van der Waals surface area contributed by atoms with Crippen molar-refractivity contribution in [2.24, 2.45) is 0 Å². The summed E-state index contributed by atoms with van der Waals surface area (Å²) in [5.41, 5.74) is 3.14. The molecule has 26 heavy (non-hydrogen) atoms. The van der Waals surface area contributed by atoms with E-state index in [0.29, 0.717) is 6.54 Å². The van der Waals surface area contributed by atoms with Gasteiger partial charge in [-0.3, -0.25) is 14.5 Å². The lowest BCUT2D eigenvalue weighted by molar-refractivity contribution is 0.140. The number of hydrogen-bond donors (Lipinski definition) is 0. The first-order valence-electron chi connectivity index (χ1n) is 9.59. The van der Waals surface area contributed by atoms with Crippen LogP contribution in [0.5, 0.6) is 0 Å². The number of ether oxygens (including phenoxy) is 1. The first-order chi connectivity index (χ1) is 12.8. The van der Waals surface area contributed by atoms with Gasteiger partial charge in [0.1, 0.15) is 5.82 Å². The van der Waals surface area contributed by atoms with Crippen LogP contribution in [-0.2, 0) is 30.9 Å². The van der Waals surface area contributed by atoms with Crippen LogP contribution >= 0.6 is 0 Å². The molecule has 1 saturated heterocycles. The average molecular weight is 358 g/mol. The van der Waals surface area contributed by atoms with Gasteiger partial charge < -0.3 is 4.74 Å². The minimum atomic E-state index is -0.116. The molecular formula is C20H27FN4O. The number of aromatic nitrogens is 2. The predicted octanol–water partition coefficient (Wildman–Crippen LogP) is 2.65. The minimum Gasteiger partial charge on any atom is -0.380 e. The van der Waals surface area contributed by atoms with E-state index in [1.54, 1.807) is 12.1 Å². The number of fused-ring (bicyclic) bond motifs is 1. The van der Waals surface area contributed by atoms with E-state index in [4.69, 9.17) is 9.84 Å². The Morgan fingerprint density at radius 3 is 2.77 bits per heavy atom. The fraction of sp³-hybridized carbons (Fsp3) is 0.550. The molecule has 0 bridgehead atoms. The lowest BCUT2D eigenvalue weighted by atomic mass is 10.2. The topological polar surface area (TPSA) is 33.5 Å². The molecule has 0 unspecified atom stereocenters. The van der Waals surface area contributed by atoms with Crippen molar-refractivity contribution in [2.75, 3.05) is 32.8 Å². The normalized spacial score (nSPS) is 19.7. The summed E-state index contributed by atoms with van der Waals surface area (Å²) in [6.45, 7) is 7.98. The maximum atomic E-state index is 14.0.